The molecular formula is C11H19NO3. The lowest BCUT2D eigenvalue weighted by molar-refractivity contribution is 0.0461. The quantitative estimate of drug-likeness (QED) is 0.723. The van der Waals surface area contributed by atoms with Crippen molar-refractivity contribution < 1.29 is 14.3 Å². The van der Waals surface area contributed by atoms with Gasteiger partial charge in [-0.3, -0.25) is 0 Å². The van der Waals surface area contributed by atoms with E-state index in [1.807, 2.05) is 20.8 Å². The van der Waals surface area contributed by atoms with E-state index in [2.05, 4.69) is 5.32 Å². The van der Waals surface area contributed by atoms with Crippen LogP contribution in [0.5, 0.6) is 0 Å². The molecular weight excluding hydrogens is 194 g/mol. The highest BCUT2D eigenvalue weighted by Gasteiger charge is 2.41. The van der Waals surface area contributed by atoms with Crippen LogP contribution in [0.4, 0.5) is 4.79 Å². The summed E-state index contributed by atoms with van der Waals surface area (Å²) in [5.41, 5.74) is -0.428. The molecule has 86 valence electrons. The molecule has 0 aromatic carbocycles. The second kappa shape index (κ2) is 3.67. The van der Waals surface area contributed by atoms with Crippen molar-refractivity contribution in [3.8, 4) is 0 Å². The molecule has 2 aliphatic heterocycles. The molecule has 0 aromatic rings. The molecule has 0 aromatic heterocycles. The number of alkyl carbamates (subject to hydrolysis) is 1. The van der Waals surface area contributed by atoms with E-state index < -0.39 is 5.60 Å². The Labute approximate surface area is 90.3 Å². The highest BCUT2D eigenvalue weighted by molar-refractivity contribution is 5.68. The standard InChI is InChI=1S/C11H19NO3/c1-11(2,3)15-10(13)12-8-6-7-4-5-9(8)14-7/h7-9H,4-6H2,1-3H3,(H,12,13). The fraction of sp³-hybridized carbons (Fsp3) is 0.909. The van der Waals surface area contributed by atoms with Gasteiger partial charge in [0.15, 0.2) is 0 Å². The van der Waals surface area contributed by atoms with E-state index in [0.717, 1.165) is 19.3 Å². The van der Waals surface area contributed by atoms with Gasteiger partial charge in [0.05, 0.1) is 18.2 Å². The molecule has 2 aliphatic rings. The lowest BCUT2D eigenvalue weighted by Crippen LogP contribution is -2.43. The minimum Gasteiger partial charge on any atom is -0.444 e. The fourth-order valence-corrected chi connectivity index (χ4v) is 2.25. The summed E-state index contributed by atoms with van der Waals surface area (Å²) in [6.07, 6.45) is 3.37. The Balaban J connectivity index is 1.80. The monoisotopic (exact) mass is 213 g/mol. The number of rotatable bonds is 1. The number of fused-ring (bicyclic) bond motifs is 2. The minimum atomic E-state index is -0.428. The number of carbonyl (C=O) groups is 1. The maximum atomic E-state index is 11.5. The zero-order chi connectivity index (χ0) is 11.1. The maximum Gasteiger partial charge on any atom is 0.407 e. The first kappa shape index (κ1) is 10.7. The van der Waals surface area contributed by atoms with E-state index in [9.17, 15) is 4.79 Å². The molecule has 15 heavy (non-hydrogen) atoms. The van der Waals surface area contributed by atoms with Gasteiger partial charge in [0.25, 0.3) is 0 Å². The predicted octanol–water partition coefficient (Wildman–Crippen LogP) is 1.83. The second-order valence-electron chi connectivity index (χ2n) is 5.36. The summed E-state index contributed by atoms with van der Waals surface area (Å²) in [5.74, 6) is 0. The SMILES string of the molecule is CC(C)(C)OC(=O)NC1CC2CCC1O2. The summed E-state index contributed by atoms with van der Waals surface area (Å²) >= 11 is 0. The van der Waals surface area contributed by atoms with Crippen molar-refractivity contribution in [3.63, 3.8) is 0 Å². The van der Waals surface area contributed by atoms with Crippen molar-refractivity contribution in [1.82, 2.24) is 5.32 Å². The first-order valence-electron chi connectivity index (χ1n) is 5.59. The molecule has 0 aliphatic carbocycles. The zero-order valence-corrected chi connectivity index (χ0v) is 9.58. The molecule has 1 amide bonds. The highest BCUT2D eigenvalue weighted by Crippen LogP contribution is 2.34. The van der Waals surface area contributed by atoms with E-state index in [1.165, 1.54) is 0 Å². The van der Waals surface area contributed by atoms with Crippen LogP contribution in [0.15, 0.2) is 0 Å². The van der Waals surface area contributed by atoms with Crippen molar-refractivity contribution in [2.45, 2.75) is 63.9 Å². The van der Waals surface area contributed by atoms with Crippen LogP contribution in [0.2, 0.25) is 0 Å². The molecule has 3 unspecified atom stereocenters. The molecule has 0 saturated carbocycles. The third-order valence-corrected chi connectivity index (χ3v) is 2.81. The van der Waals surface area contributed by atoms with Gasteiger partial charge in [-0.25, -0.2) is 4.79 Å². The Bertz CT molecular complexity index is 259. The number of carbonyl (C=O) groups excluding carboxylic acids is 1. The second-order valence-corrected chi connectivity index (χ2v) is 5.36. The van der Waals surface area contributed by atoms with E-state index in [-0.39, 0.29) is 18.2 Å². The summed E-state index contributed by atoms with van der Waals surface area (Å²) in [5, 5.41) is 2.88. The molecule has 2 heterocycles. The molecule has 2 rings (SSSR count). The minimum absolute atomic E-state index is 0.151. The molecule has 4 heteroatoms. The van der Waals surface area contributed by atoms with E-state index in [0.29, 0.717) is 6.10 Å². The predicted molar refractivity (Wildman–Crippen MR) is 55.7 cm³/mol. The molecule has 2 saturated heterocycles. The molecule has 0 spiro atoms. The van der Waals surface area contributed by atoms with Crippen molar-refractivity contribution >= 4 is 6.09 Å². The van der Waals surface area contributed by atoms with Crippen LogP contribution in [0.25, 0.3) is 0 Å². The summed E-state index contributed by atoms with van der Waals surface area (Å²) in [7, 11) is 0. The van der Waals surface area contributed by atoms with Crippen LogP contribution >= 0.6 is 0 Å². The third kappa shape index (κ3) is 2.62. The van der Waals surface area contributed by atoms with Crippen LogP contribution < -0.4 is 5.32 Å². The van der Waals surface area contributed by atoms with Crippen LogP contribution in [-0.2, 0) is 9.47 Å². The molecule has 0 radical (unpaired) electrons. The average molecular weight is 213 g/mol. The lowest BCUT2D eigenvalue weighted by Gasteiger charge is -2.24. The number of nitrogens with one attached hydrogen (secondary N) is 1. The maximum absolute atomic E-state index is 11.5. The Morgan fingerprint density at radius 1 is 1.40 bits per heavy atom. The fourth-order valence-electron chi connectivity index (χ4n) is 2.25. The average Bonchev–Trinajstić information content (AvgIpc) is 2.60. The Hall–Kier alpha value is -0.770. The molecule has 2 fully saturated rings. The summed E-state index contributed by atoms with van der Waals surface area (Å²) in [4.78, 5) is 11.5. The lowest BCUT2D eigenvalue weighted by atomic mass is 9.96. The third-order valence-electron chi connectivity index (χ3n) is 2.81. The van der Waals surface area contributed by atoms with E-state index in [4.69, 9.17) is 9.47 Å². The topological polar surface area (TPSA) is 47.6 Å². The summed E-state index contributed by atoms with van der Waals surface area (Å²) in [6.45, 7) is 5.59. The summed E-state index contributed by atoms with van der Waals surface area (Å²) in [6, 6.07) is 0.151. The smallest absolute Gasteiger partial charge is 0.407 e. The van der Waals surface area contributed by atoms with Gasteiger partial charge in [-0.05, 0) is 40.0 Å². The normalized spacial score (nSPS) is 34.2. The largest absolute Gasteiger partial charge is 0.444 e. The first-order chi connectivity index (χ1) is 6.94. The number of ether oxygens (including phenoxy) is 2. The van der Waals surface area contributed by atoms with Crippen molar-refractivity contribution in [3.05, 3.63) is 0 Å². The molecule has 2 bridgehead atoms. The number of amides is 1. The Morgan fingerprint density at radius 3 is 2.60 bits per heavy atom. The van der Waals surface area contributed by atoms with Gasteiger partial charge in [-0.15, -0.1) is 0 Å². The molecule has 1 N–H and O–H groups in total. The van der Waals surface area contributed by atoms with Crippen LogP contribution in [0.3, 0.4) is 0 Å². The molecule has 4 nitrogen and oxygen atoms in total. The van der Waals surface area contributed by atoms with Crippen molar-refractivity contribution in [2.24, 2.45) is 0 Å². The van der Waals surface area contributed by atoms with Gasteiger partial charge in [0, 0.05) is 0 Å². The van der Waals surface area contributed by atoms with Gasteiger partial charge < -0.3 is 14.8 Å². The van der Waals surface area contributed by atoms with Gasteiger partial charge in [-0.1, -0.05) is 0 Å². The van der Waals surface area contributed by atoms with Gasteiger partial charge in [0.2, 0.25) is 0 Å². The molecule has 3 atom stereocenters. The van der Waals surface area contributed by atoms with Crippen molar-refractivity contribution in [2.75, 3.05) is 0 Å². The number of hydrogen-bond donors (Lipinski definition) is 1. The van der Waals surface area contributed by atoms with Gasteiger partial charge in [0.1, 0.15) is 5.60 Å². The highest BCUT2D eigenvalue weighted by atomic mass is 16.6. The Morgan fingerprint density at radius 2 is 2.13 bits per heavy atom. The van der Waals surface area contributed by atoms with Crippen LogP contribution in [-0.4, -0.2) is 29.9 Å². The van der Waals surface area contributed by atoms with Crippen LogP contribution in [0, 0.1) is 0 Å². The van der Waals surface area contributed by atoms with Crippen molar-refractivity contribution in [1.29, 1.82) is 0 Å². The zero-order valence-electron chi connectivity index (χ0n) is 9.58. The van der Waals surface area contributed by atoms with E-state index in [1.54, 1.807) is 0 Å². The van der Waals surface area contributed by atoms with Crippen LogP contribution in [0.1, 0.15) is 40.0 Å². The summed E-state index contributed by atoms with van der Waals surface area (Å²) < 4.78 is 10.8. The number of hydrogen-bond acceptors (Lipinski definition) is 3. The van der Waals surface area contributed by atoms with E-state index >= 15 is 0 Å². The Kier molecular flexibility index (Phi) is 2.63. The first-order valence-corrected chi connectivity index (χ1v) is 5.59. The van der Waals surface area contributed by atoms with Gasteiger partial charge >= 0.3 is 6.09 Å². The van der Waals surface area contributed by atoms with Gasteiger partial charge in [-0.2, -0.15) is 0 Å².